The van der Waals surface area contributed by atoms with E-state index in [0.29, 0.717) is 19.3 Å². The molecule has 0 aliphatic heterocycles. The molecule has 8 heteroatoms. The number of unbranched alkanes of at least 4 members (excludes halogenated alkanes) is 12. The molecule has 2 unspecified atom stereocenters. The van der Waals surface area contributed by atoms with Crippen LogP contribution in [0.1, 0.15) is 155 Å². The van der Waals surface area contributed by atoms with Gasteiger partial charge in [0.25, 0.3) is 0 Å². The summed E-state index contributed by atoms with van der Waals surface area (Å²) in [7, 11) is 5.50. The molecule has 0 saturated heterocycles. The van der Waals surface area contributed by atoms with Crippen LogP contribution in [0, 0.1) is 0 Å². The first-order chi connectivity index (χ1) is 25.6. The SMILES string of the molecule is CC/C=C/C/C=C/C/C=C/C/C=C/CCCCCCCCC(=O)OC(COCCC(C(=O)O)[N+](C)(C)C)COC(=O)CCCCCC/C=C/CCCC. The topological polar surface area (TPSA) is 99.1 Å². The van der Waals surface area contributed by atoms with Gasteiger partial charge in [0.1, 0.15) is 6.61 Å². The van der Waals surface area contributed by atoms with Crippen LogP contribution in [0.4, 0.5) is 0 Å². The van der Waals surface area contributed by atoms with Crippen LogP contribution in [-0.2, 0) is 28.6 Å². The molecule has 0 aromatic carbocycles. The van der Waals surface area contributed by atoms with Crippen molar-refractivity contribution in [3.8, 4) is 0 Å². The lowest BCUT2D eigenvalue weighted by Crippen LogP contribution is -2.50. The van der Waals surface area contributed by atoms with Crippen LogP contribution in [0.5, 0.6) is 0 Å². The van der Waals surface area contributed by atoms with Gasteiger partial charge in [-0.25, -0.2) is 4.79 Å². The number of hydrogen-bond donors (Lipinski definition) is 1. The number of carbonyl (C=O) groups is 3. The lowest BCUT2D eigenvalue weighted by atomic mass is 10.1. The molecule has 0 aromatic heterocycles. The van der Waals surface area contributed by atoms with Crippen molar-refractivity contribution in [2.75, 3.05) is 41.0 Å². The predicted octanol–water partition coefficient (Wildman–Crippen LogP) is 11.0. The summed E-state index contributed by atoms with van der Waals surface area (Å²) in [4.78, 5) is 36.8. The number of esters is 2. The summed E-state index contributed by atoms with van der Waals surface area (Å²) in [6, 6.07) is -0.620. The van der Waals surface area contributed by atoms with Crippen LogP contribution in [0.2, 0.25) is 0 Å². The summed E-state index contributed by atoms with van der Waals surface area (Å²) >= 11 is 0. The summed E-state index contributed by atoms with van der Waals surface area (Å²) in [5, 5.41) is 9.60. The number of aliphatic carboxylic acids is 1. The zero-order valence-corrected chi connectivity index (χ0v) is 34.4. The lowest BCUT2D eigenvalue weighted by molar-refractivity contribution is -0.887. The number of quaternary nitrogens is 1. The summed E-state index contributed by atoms with van der Waals surface area (Å²) < 4.78 is 17.2. The Morgan fingerprint density at radius 1 is 0.585 bits per heavy atom. The highest BCUT2D eigenvalue weighted by molar-refractivity contribution is 5.72. The first-order valence-corrected chi connectivity index (χ1v) is 20.8. The van der Waals surface area contributed by atoms with Crippen LogP contribution >= 0.6 is 0 Å². The minimum absolute atomic E-state index is 0.0492. The van der Waals surface area contributed by atoms with E-state index in [1.807, 2.05) is 21.1 Å². The summed E-state index contributed by atoms with van der Waals surface area (Å²) in [6.07, 6.45) is 42.6. The van der Waals surface area contributed by atoms with Gasteiger partial charge in [-0.15, -0.1) is 0 Å². The second-order valence-corrected chi connectivity index (χ2v) is 14.9. The maximum absolute atomic E-state index is 12.7. The third-order valence-electron chi connectivity index (χ3n) is 8.90. The van der Waals surface area contributed by atoms with Gasteiger partial charge in [0.05, 0.1) is 34.4 Å². The Morgan fingerprint density at radius 3 is 1.58 bits per heavy atom. The highest BCUT2D eigenvalue weighted by Crippen LogP contribution is 2.13. The normalized spacial score (nSPS) is 13.6. The first kappa shape index (κ1) is 50.0. The van der Waals surface area contributed by atoms with Crippen molar-refractivity contribution in [3.63, 3.8) is 0 Å². The molecule has 2 atom stereocenters. The smallest absolute Gasteiger partial charge is 0.362 e. The minimum atomic E-state index is -0.882. The molecule has 0 aliphatic rings. The van der Waals surface area contributed by atoms with Gasteiger partial charge in [-0.3, -0.25) is 9.59 Å². The van der Waals surface area contributed by atoms with E-state index < -0.39 is 18.1 Å². The zero-order chi connectivity index (χ0) is 39.3. The number of nitrogens with zero attached hydrogens (tertiary/aromatic N) is 1. The number of carboxylic acid groups (broad SMARTS) is 1. The Bertz CT molecular complexity index is 1050. The Labute approximate surface area is 324 Å². The molecule has 0 aliphatic carbocycles. The van der Waals surface area contributed by atoms with E-state index >= 15 is 0 Å². The van der Waals surface area contributed by atoms with Crippen molar-refractivity contribution in [2.24, 2.45) is 0 Å². The van der Waals surface area contributed by atoms with Crippen molar-refractivity contribution in [1.29, 1.82) is 0 Å². The Kier molecular flexibility index (Phi) is 34.0. The highest BCUT2D eigenvalue weighted by atomic mass is 16.6. The Morgan fingerprint density at radius 2 is 1.06 bits per heavy atom. The van der Waals surface area contributed by atoms with Crippen LogP contribution < -0.4 is 0 Å². The molecule has 0 heterocycles. The number of allylic oxidation sites excluding steroid dienone is 10. The van der Waals surface area contributed by atoms with Crippen molar-refractivity contribution >= 4 is 17.9 Å². The van der Waals surface area contributed by atoms with E-state index in [-0.39, 0.29) is 36.2 Å². The van der Waals surface area contributed by atoms with Gasteiger partial charge in [0.2, 0.25) is 0 Å². The zero-order valence-electron chi connectivity index (χ0n) is 34.4. The van der Waals surface area contributed by atoms with Gasteiger partial charge >= 0.3 is 17.9 Å². The molecule has 0 amide bonds. The van der Waals surface area contributed by atoms with E-state index in [4.69, 9.17) is 14.2 Å². The fourth-order valence-corrected chi connectivity index (χ4v) is 5.65. The van der Waals surface area contributed by atoms with Crippen LogP contribution in [0.25, 0.3) is 0 Å². The average Bonchev–Trinajstić information content (AvgIpc) is 3.11. The van der Waals surface area contributed by atoms with Crippen LogP contribution in [0.3, 0.4) is 0 Å². The maximum atomic E-state index is 12.7. The molecule has 8 nitrogen and oxygen atoms in total. The van der Waals surface area contributed by atoms with Crippen molar-refractivity contribution in [3.05, 3.63) is 60.8 Å². The van der Waals surface area contributed by atoms with Gasteiger partial charge < -0.3 is 23.8 Å². The number of rotatable bonds is 36. The molecular weight excluding hydrogens is 666 g/mol. The molecule has 0 aromatic rings. The van der Waals surface area contributed by atoms with Crippen molar-refractivity contribution < 1.29 is 38.2 Å². The summed E-state index contributed by atoms with van der Waals surface area (Å²) in [5.41, 5.74) is 0. The van der Waals surface area contributed by atoms with E-state index in [1.165, 1.54) is 25.7 Å². The van der Waals surface area contributed by atoms with Gasteiger partial charge in [-0.1, -0.05) is 126 Å². The molecule has 0 fully saturated rings. The van der Waals surface area contributed by atoms with Gasteiger partial charge in [-0.05, 0) is 70.6 Å². The molecule has 1 N–H and O–H groups in total. The fraction of sp³-hybridized carbons (Fsp3) is 0.711. The molecule has 0 spiro atoms. The number of carbonyl (C=O) groups excluding carboxylic acids is 2. The van der Waals surface area contributed by atoms with Gasteiger partial charge in [0, 0.05) is 19.3 Å². The Hall–Kier alpha value is -2.97. The summed E-state index contributed by atoms with van der Waals surface area (Å²) in [6.45, 7) is 4.53. The molecule has 0 saturated carbocycles. The highest BCUT2D eigenvalue weighted by Gasteiger charge is 2.31. The second-order valence-electron chi connectivity index (χ2n) is 14.9. The largest absolute Gasteiger partial charge is 0.477 e. The Balaban J connectivity index is 4.39. The number of hydrogen-bond acceptors (Lipinski definition) is 6. The molecule has 53 heavy (non-hydrogen) atoms. The fourth-order valence-electron chi connectivity index (χ4n) is 5.65. The third kappa shape index (κ3) is 34.5. The maximum Gasteiger partial charge on any atom is 0.362 e. The van der Waals surface area contributed by atoms with E-state index in [9.17, 15) is 19.5 Å². The summed E-state index contributed by atoms with van der Waals surface area (Å²) in [5.74, 6) is -1.51. The lowest BCUT2D eigenvalue weighted by Gasteiger charge is -2.31. The molecule has 0 radical (unpaired) electrons. The third-order valence-corrected chi connectivity index (χ3v) is 8.90. The molecule has 0 rings (SSSR count). The van der Waals surface area contributed by atoms with E-state index in [2.05, 4.69) is 74.6 Å². The standard InChI is InChI=1S/C45H77NO7/c1-6-8-10-12-14-16-18-19-20-21-22-23-24-25-26-28-30-32-34-36-44(48)53-41(39-51-38-37-42(45(49)50)46(3,4)5)40-52-43(47)35-33-31-29-27-17-15-13-11-9-7-2/h8,10,13-16,19-20,22-23,41-42H,6-7,9,11-12,17-18,21,24-40H2,1-5H3/p+1/b10-8+,15-13+,16-14+,20-19+,23-22+. The van der Waals surface area contributed by atoms with Crippen LogP contribution in [0.15, 0.2) is 60.8 Å². The molecule has 0 bridgehead atoms. The number of ether oxygens (including phenoxy) is 3. The number of carboxylic acids is 1. The average molecular weight is 745 g/mol. The van der Waals surface area contributed by atoms with E-state index in [1.54, 1.807) is 0 Å². The quantitative estimate of drug-likeness (QED) is 0.0295. The number of likely N-dealkylation sites (N-methyl/N-ethyl adjacent to an activating group) is 1. The second kappa shape index (κ2) is 36.0. The van der Waals surface area contributed by atoms with Gasteiger partial charge in [-0.2, -0.15) is 0 Å². The first-order valence-electron chi connectivity index (χ1n) is 20.8. The predicted molar refractivity (Wildman–Crippen MR) is 220 cm³/mol. The van der Waals surface area contributed by atoms with Crippen molar-refractivity contribution in [1.82, 2.24) is 0 Å². The van der Waals surface area contributed by atoms with Crippen molar-refractivity contribution in [2.45, 2.75) is 167 Å². The monoisotopic (exact) mass is 745 g/mol. The minimum Gasteiger partial charge on any atom is -0.477 e. The molecule has 304 valence electrons. The molecular formula is C45H78NO7+. The van der Waals surface area contributed by atoms with E-state index in [0.717, 1.165) is 96.3 Å². The van der Waals surface area contributed by atoms with Gasteiger partial charge in [0.15, 0.2) is 12.1 Å². The van der Waals surface area contributed by atoms with Crippen LogP contribution in [-0.4, -0.2) is 80.6 Å².